The maximum Gasteiger partial charge on any atom is 0.348 e. The Bertz CT molecular complexity index is 784. The van der Waals surface area contributed by atoms with E-state index < -0.39 is 15.8 Å². The fourth-order valence-electron chi connectivity index (χ4n) is 2.60. The van der Waals surface area contributed by atoms with Gasteiger partial charge in [0.25, 0.3) is 0 Å². The van der Waals surface area contributed by atoms with Gasteiger partial charge in [0.05, 0.1) is 30.4 Å². The molecular formula is C14H17N3O4S. The largest absolute Gasteiger partial charge is 0.465 e. The molecule has 118 valence electrons. The number of ether oxygens (including phenoxy) is 1. The normalized spacial score (nSPS) is 20.6. The van der Waals surface area contributed by atoms with Crippen LogP contribution in [0.3, 0.4) is 0 Å². The second kappa shape index (κ2) is 5.93. The summed E-state index contributed by atoms with van der Waals surface area (Å²) in [5.41, 5.74) is 1.90. The maximum atomic E-state index is 11.6. The van der Waals surface area contributed by atoms with Gasteiger partial charge in [0.2, 0.25) is 0 Å². The number of aryl methyl sites for hydroxylation is 1. The molecule has 2 heterocycles. The van der Waals surface area contributed by atoms with Crippen LogP contribution < -0.4 is 0 Å². The van der Waals surface area contributed by atoms with Crippen molar-refractivity contribution < 1.29 is 17.9 Å². The molecule has 1 aliphatic rings. The third-order valence-electron chi connectivity index (χ3n) is 3.75. The van der Waals surface area contributed by atoms with Crippen molar-refractivity contribution in [3.05, 3.63) is 22.5 Å². The molecule has 22 heavy (non-hydrogen) atoms. The van der Waals surface area contributed by atoms with Crippen molar-refractivity contribution >= 4 is 21.9 Å². The molecule has 0 unspecified atom stereocenters. The van der Waals surface area contributed by atoms with Crippen LogP contribution in [0.4, 0.5) is 0 Å². The molecule has 7 nitrogen and oxygen atoms in total. The number of aromatic nitrogens is 2. The molecule has 1 aromatic heterocycles. The van der Waals surface area contributed by atoms with Crippen LogP contribution in [0, 0.1) is 25.2 Å². The molecule has 0 bridgehead atoms. The van der Waals surface area contributed by atoms with Gasteiger partial charge < -0.3 is 4.74 Å². The summed E-state index contributed by atoms with van der Waals surface area (Å²) in [5.74, 6) is -0.481. The van der Waals surface area contributed by atoms with Crippen molar-refractivity contribution in [2.75, 3.05) is 18.6 Å². The van der Waals surface area contributed by atoms with Crippen molar-refractivity contribution in [2.45, 2.75) is 26.3 Å². The molecule has 1 fully saturated rings. The highest BCUT2D eigenvalue weighted by Gasteiger charge is 2.31. The highest BCUT2D eigenvalue weighted by molar-refractivity contribution is 7.91. The molecule has 1 aliphatic heterocycles. The summed E-state index contributed by atoms with van der Waals surface area (Å²) in [6.45, 7) is 3.55. The van der Waals surface area contributed by atoms with Crippen LogP contribution in [0.25, 0.3) is 6.08 Å². The minimum atomic E-state index is -3.01. The lowest BCUT2D eigenvalue weighted by atomic mass is 10.1. The third-order valence-corrected chi connectivity index (χ3v) is 5.50. The van der Waals surface area contributed by atoms with Gasteiger partial charge in [0.1, 0.15) is 11.6 Å². The molecule has 8 heteroatoms. The molecule has 0 N–H and O–H groups in total. The molecule has 0 spiro atoms. The summed E-state index contributed by atoms with van der Waals surface area (Å²) < 4.78 is 29.5. The van der Waals surface area contributed by atoms with E-state index in [9.17, 15) is 13.2 Å². The second-order valence-corrected chi connectivity index (χ2v) is 7.48. The standard InChI is InChI=1S/C14H17N3O4S/c1-9-13(6-11(7-15)14(18)21-3)10(2)17(16-9)12-4-5-22(19,20)8-12/h6,12H,4-5,8H2,1-3H3/b11-6+/t12-/m1/s1. The first kappa shape index (κ1) is 16.2. The Hall–Kier alpha value is -2.14. The summed E-state index contributed by atoms with van der Waals surface area (Å²) in [5, 5.41) is 13.4. The van der Waals surface area contributed by atoms with Crippen molar-refractivity contribution in [1.29, 1.82) is 5.26 Å². The lowest BCUT2D eigenvalue weighted by Gasteiger charge is -2.11. The van der Waals surface area contributed by atoms with Gasteiger partial charge in [-0.3, -0.25) is 4.68 Å². The quantitative estimate of drug-likeness (QED) is 0.466. The molecule has 1 atom stereocenters. The predicted molar refractivity (Wildman–Crippen MR) is 79.6 cm³/mol. The van der Waals surface area contributed by atoms with Crippen LogP contribution in [-0.2, 0) is 19.4 Å². The zero-order valence-electron chi connectivity index (χ0n) is 12.7. The van der Waals surface area contributed by atoms with Gasteiger partial charge in [0.15, 0.2) is 9.84 Å². The van der Waals surface area contributed by atoms with Crippen molar-refractivity contribution in [1.82, 2.24) is 9.78 Å². The lowest BCUT2D eigenvalue weighted by molar-refractivity contribution is -0.135. The Kier molecular flexibility index (Phi) is 4.37. The van der Waals surface area contributed by atoms with Gasteiger partial charge in [0, 0.05) is 11.3 Å². The first-order chi connectivity index (χ1) is 10.3. The highest BCUT2D eigenvalue weighted by Crippen LogP contribution is 2.27. The molecule has 0 aromatic carbocycles. The predicted octanol–water partition coefficient (Wildman–Crippen LogP) is 0.940. The summed E-state index contributed by atoms with van der Waals surface area (Å²) in [6.07, 6.45) is 1.96. The van der Waals surface area contributed by atoms with Gasteiger partial charge in [-0.15, -0.1) is 0 Å². The zero-order chi connectivity index (χ0) is 16.5. The fraction of sp³-hybridized carbons (Fsp3) is 0.500. The maximum absolute atomic E-state index is 11.6. The number of carbonyl (C=O) groups excluding carboxylic acids is 1. The first-order valence-electron chi connectivity index (χ1n) is 6.75. The number of methoxy groups -OCH3 is 1. The molecule has 2 rings (SSSR count). The van der Waals surface area contributed by atoms with E-state index in [0.29, 0.717) is 17.7 Å². The number of nitriles is 1. The molecule has 0 amide bonds. The van der Waals surface area contributed by atoms with Crippen LogP contribution in [0.5, 0.6) is 0 Å². The Labute approximate surface area is 129 Å². The Morgan fingerprint density at radius 2 is 2.18 bits per heavy atom. The Morgan fingerprint density at radius 1 is 1.50 bits per heavy atom. The molecule has 1 saturated heterocycles. The van der Waals surface area contributed by atoms with E-state index in [-0.39, 0.29) is 23.1 Å². The first-order valence-corrected chi connectivity index (χ1v) is 8.57. The zero-order valence-corrected chi connectivity index (χ0v) is 13.5. The van der Waals surface area contributed by atoms with Gasteiger partial charge in [-0.25, -0.2) is 13.2 Å². The molecule has 1 aromatic rings. The molecular weight excluding hydrogens is 306 g/mol. The Balaban J connectivity index is 2.42. The van der Waals surface area contributed by atoms with E-state index in [1.54, 1.807) is 24.6 Å². The highest BCUT2D eigenvalue weighted by atomic mass is 32.2. The van der Waals surface area contributed by atoms with Gasteiger partial charge >= 0.3 is 5.97 Å². The molecule has 0 aliphatic carbocycles. The summed E-state index contributed by atoms with van der Waals surface area (Å²) in [7, 11) is -1.80. The van der Waals surface area contributed by atoms with Crippen molar-refractivity contribution in [3.8, 4) is 6.07 Å². The minimum absolute atomic E-state index is 0.0697. The van der Waals surface area contributed by atoms with E-state index in [4.69, 9.17) is 5.26 Å². The topological polar surface area (TPSA) is 102 Å². The van der Waals surface area contributed by atoms with Crippen LogP contribution in [-0.4, -0.2) is 42.8 Å². The third kappa shape index (κ3) is 3.04. The smallest absolute Gasteiger partial charge is 0.348 e. The van der Waals surface area contributed by atoms with E-state index >= 15 is 0 Å². The number of rotatable bonds is 3. The van der Waals surface area contributed by atoms with Crippen LogP contribution in [0.15, 0.2) is 5.57 Å². The number of hydrogen-bond donors (Lipinski definition) is 0. The molecule has 0 saturated carbocycles. The average Bonchev–Trinajstić information content (AvgIpc) is 2.96. The van der Waals surface area contributed by atoms with E-state index in [2.05, 4.69) is 9.84 Å². The average molecular weight is 323 g/mol. The molecule has 0 radical (unpaired) electrons. The van der Waals surface area contributed by atoms with Crippen molar-refractivity contribution in [3.63, 3.8) is 0 Å². The second-order valence-electron chi connectivity index (χ2n) is 5.25. The van der Waals surface area contributed by atoms with Gasteiger partial charge in [-0.2, -0.15) is 10.4 Å². The number of hydrogen-bond acceptors (Lipinski definition) is 6. The SMILES string of the molecule is COC(=O)/C(C#N)=C/c1c(C)nn([C@@H]2CCS(=O)(=O)C2)c1C. The fourth-order valence-corrected chi connectivity index (χ4v) is 4.29. The monoisotopic (exact) mass is 323 g/mol. The van der Waals surface area contributed by atoms with Crippen LogP contribution >= 0.6 is 0 Å². The van der Waals surface area contributed by atoms with Gasteiger partial charge in [-0.05, 0) is 26.3 Å². The summed E-state index contributed by atoms with van der Waals surface area (Å²) in [4.78, 5) is 11.5. The number of esters is 1. The van der Waals surface area contributed by atoms with Crippen LogP contribution in [0.1, 0.15) is 29.4 Å². The van der Waals surface area contributed by atoms with E-state index in [1.807, 2.05) is 0 Å². The lowest BCUT2D eigenvalue weighted by Crippen LogP contribution is -2.14. The van der Waals surface area contributed by atoms with Gasteiger partial charge in [-0.1, -0.05) is 0 Å². The van der Waals surface area contributed by atoms with Crippen molar-refractivity contribution in [2.24, 2.45) is 0 Å². The summed E-state index contributed by atoms with van der Waals surface area (Å²) >= 11 is 0. The number of sulfone groups is 1. The van der Waals surface area contributed by atoms with Crippen LogP contribution in [0.2, 0.25) is 0 Å². The number of nitrogens with zero attached hydrogens (tertiary/aromatic N) is 3. The van der Waals surface area contributed by atoms with E-state index in [0.717, 1.165) is 5.69 Å². The van der Waals surface area contributed by atoms with E-state index in [1.165, 1.54) is 13.2 Å². The minimum Gasteiger partial charge on any atom is -0.465 e. The Morgan fingerprint density at radius 3 is 2.68 bits per heavy atom. The number of carbonyl (C=O) groups is 1. The summed E-state index contributed by atoms with van der Waals surface area (Å²) in [6, 6.07) is 1.60.